The molecule has 0 atom stereocenters. The van der Waals surface area contributed by atoms with Gasteiger partial charge in [0.1, 0.15) is 11.4 Å². The molecular formula is C12H15N5O2. The minimum absolute atomic E-state index is 0.133. The van der Waals surface area contributed by atoms with Gasteiger partial charge in [0, 0.05) is 19.2 Å². The van der Waals surface area contributed by atoms with Crippen LogP contribution in [0.3, 0.4) is 0 Å². The molecule has 0 saturated carbocycles. The number of anilines is 1. The van der Waals surface area contributed by atoms with E-state index in [1.54, 1.807) is 19.2 Å². The molecule has 1 fully saturated rings. The first-order valence-corrected chi connectivity index (χ1v) is 6.34. The molecule has 0 unspecified atom stereocenters. The van der Waals surface area contributed by atoms with Gasteiger partial charge in [-0.1, -0.05) is 10.3 Å². The van der Waals surface area contributed by atoms with Gasteiger partial charge in [0.15, 0.2) is 0 Å². The summed E-state index contributed by atoms with van der Waals surface area (Å²) in [6.07, 6.45) is 4.08. The van der Waals surface area contributed by atoms with Crippen LogP contribution in [-0.4, -0.2) is 33.2 Å². The molecule has 3 rings (SSSR count). The summed E-state index contributed by atoms with van der Waals surface area (Å²) in [4.78, 5) is 14.2. The van der Waals surface area contributed by atoms with Crippen LogP contribution in [-0.2, 0) is 6.54 Å². The SMILES string of the molecule is Cc1nonc1Cn1ncc(N2CCCC2)cc1=O. The lowest BCUT2D eigenvalue weighted by molar-refractivity contribution is 0.300. The summed E-state index contributed by atoms with van der Waals surface area (Å²) >= 11 is 0. The maximum atomic E-state index is 12.0. The Balaban J connectivity index is 1.84. The number of aromatic nitrogens is 4. The predicted octanol–water partition coefficient (Wildman–Crippen LogP) is 0.583. The molecule has 1 aliphatic rings. The van der Waals surface area contributed by atoms with Gasteiger partial charge in [0.25, 0.3) is 5.56 Å². The highest BCUT2D eigenvalue weighted by Crippen LogP contribution is 2.16. The Morgan fingerprint density at radius 3 is 2.74 bits per heavy atom. The van der Waals surface area contributed by atoms with Crippen molar-refractivity contribution in [3.05, 3.63) is 34.0 Å². The molecule has 19 heavy (non-hydrogen) atoms. The maximum absolute atomic E-state index is 12.0. The highest BCUT2D eigenvalue weighted by atomic mass is 16.6. The third-order valence-corrected chi connectivity index (χ3v) is 3.37. The Labute approximate surface area is 109 Å². The predicted molar refractivity (Wildman–Crippen MR) is 68.1 cm³/mol. The molecule has 100 valence electrons. The molecule has 0 aliphatic carbocycles. The molecular weight excluding hydrogens is 246 g/mol. The molecule has 0 bridgehead atoms. The van der Waals surface area contributed by atoms with Crippen LogP contribution in [0.1, 0.15) is 24.2 Å². The Morgan fingerprint density at radius 1 is 1.32 bits per heavy atom. The minimum atomic E-state index is -0.133. The van der Waals surface area contributed by atoms with Gasteiger partial charge in [-0.15, -0.1) is 0 Å². The van der Waals surface area contributed by atoms with Gasteiger partial charge in [-0.05, 0) is 19.8 Å². The van der Waals surface area contributed by atoms with Crippen LogP contribution in [0.15, 0.2) is 21.7 Å². The molecule has 1 aliphatic heterocycles. The highest BCUT2D eigenvalue weighted by molar-refractivity contribution is 5.43. The summed E-state index contributed by atoms with van der Waals surface area (Å²) in [6, 6.07) is 1.63. The number of aryl methyl sites for hydroxylation is 1. The van der Waals surface area contributed by atoms with Crippen molar-refractivity contribution in [1.82, 2.24) is 20.1 Å². The van der Waals surface area contributed by atoms with Crippen LogP contribution in [0, 0.1) is 6.92 Å². The fraction of sp³-hybridized carbons (Fsp3) is 0.500. The quantitative estimate of drug-likeness (QED) is 0.804. The van der Waals surface area contributed by atoms with Gasteiger partial charge in [-0.2, -0.15) is 5.10 Å². The summed E-state index contributed by atoms with van der Waals surface area (Å²) < 4.78 is 5.98. The van der Waals surface area contributed by atoms with E-state index in [4.69, 9.17) is 0 Å². The number of nitrogens with zero attached hydrogens (tertiary/aromatic N) is 5. The molecule has 3 heterocycles. The average molecular weight is 261 g/mol. The van der Waals surface area contributed by atoms with Crippen LogP contribution in [0.2, 0.25) is 0 Å². The van der Waals surface area contributed by atoms with Gasteiger partial charge in [-0.3, -0.25) is 4.79 Å². The zero-order valence-corrected chi connectivity index (χ0v) is 10.7. The Bertz CT molecular complexity index is 627. The van der Waals surface area contributed by atoms with E-state index in [0.717, 1.165) is 18.8 Å². The minimum Gasteiger partial charge on any atom is -0.370 e. The molecule has 0 radical (unpaired) electrons. The second kappa shape index (κ2) is 4.83. The van der Waals surface area contributed by atoms with Crippen molar-refractivity contribution in [1.29, 1.82) is 0 Å². The van der Waals surface area contributed by atoms with Crippen LogP contribution < -0.4 is 10.5 Å². The number of hydrogen-bond donors (Lipinski definition) is 0. The van der Waals surface area contributed by atoms with Crippen LogP contribution in [0.5, 0.6) is 0 Å². The van der Waals surface area contributed by atoms with E-state index < -0.39 is 0 Å². The van der Waals surface area contributed by atoms with Crippen LogP contribution >= 0.6 is 0 Å². The summed E-state index contributed by atoms with van der Waals surface area (Å²) in [5.74, 6) is 0. The summed E-state index contributed by atoms with van der Waals surface area (Å²) in [5, 5.41) is 11.6. The molecule has 7 heteroatoms. The summed E-state index contributed by atoms with van der Waals surface area (Å²) in [7, 11) is 0. The van der Waals surface area contributed by atoms with Gasteiger partial charge in [-0.25, -0.2) is 9.31 Å². The smallest absolute Gasteiger partial charge is 0.269 e. The van der Waals surface area contributed by atoms with E-state index in [-0.39, 0.29) is 12.1 Å². The van der Waals surface area contributed by atoms with Crippen molar-refractivity contribution >= 4 is 5.69 Å². The van der Waals surface area contributed by atoms with E-state index in [0.29, 0.717) is 11.4 Å². The molecule has 0 aromatic carbocycles. The molecule has 1 saturated heterocycles. The van der Waals surface area contributed by atoms with Crippen LogP contribution in [0.4, 0.5) is 5.69 Å². The second-order valence-corrected chi connectivity index (χ2v) is 4.70. The number of hydrogen-bond acceptors (Lipinski definition) is 6. The third-order valence-electron chi connectivity index (χ3n) is 3.37. The fourth-order valence-electron chi connectivity index (χ4n) is 2.23. The van der Waals surface area contributed by atoms with Crippen molar-refractivity contribution < 1.29 is 4.63 Å². The van der Waals surface area contributed by atoms with Crippen LogP contribution in [0.25, 0.3) is 0 Å². The zero-order chi connectivity index (χ0) is 13.2. The monoisotopic (exact) mass is 261 g/mol. The first-order chi connectivity index (χ1) is 9.24. The van der Waals surface area contributed by atoms with Gasteiger partial charge in [0.05, 0.1) is 18.4 Å². The molecule has 0 amide bonds. The molecule has 7 nitrogen and oxygen atoms in total. The Morgan fingerprint density at radius 2 is 2.11 bits per heavy atom. The second-order valence-electron chi connectivity index (χ2n) is 4.70. The Hall–Kier alpha value is -2.18. The van der Waals surface area contributed by atoms with E-state index >= 15 is 0 Å². The van der Waals surface area contributed by atoms with E-state index in [9.17, 15) is 4.79 Å². The standard InChI is InChI=1S/C12H15N5O2/c1-9-11(15-19-14-9)8-17-12(18)6-10(7-13-17)16-4-2-3-5-16/h6-7H,2-5,8H2,1H3. The lowest BCUT2D eigenvalue weighted by Crippen LogP contribution is -2.26. The normalized spacial score (nSPS) is 15.1. The van der Waals surface area contributed by atoms with Crippen molar-refractivity contribution in [3.8, 4) is 0 Å². The lowest BCUT2D eigenvalue weighted by atomic mass is 10.3. The van der Waals surface area contributed by atoms with E-state index in [1.165, 1.54) is 17.5 Å². The van der Waals surface area contributed by atoms with Gasteiger partial charge >= 0.3 is 0 Å². The first-order valence-electron chi connectivity index (χ1n) is 6.34. The average Bonchev–Trinajstić information content (AvgIpc) is 3.04. The van der Waals surface area contributed by atoms with Crippen molar-refractivity contribution in [3.63, 3.8) is 0 Å². The fourth-order valence-corrected chi connectivity index (χ4v) is 2.23. The molecule has 2 aromatic heterocycles. The van der Waals surface area contributed by atoms with Gasteiger partial charge < -0.3 is 4.90 Å². The topological polar surface area (TPSA) is 77.1 Å². The van der Waals surface area contributed by atoms with Crippen molar-refractivity contribution in [2.75, 3.05) is 18.0 Å². The number of rotatable bonds is 3. The largest absolute Gasteiger partial charge is 0.370 e. The summed E-state index contributed by atoms with van der Waals surface area (Å²) in [5.41, 5.74) is 2.07. The summed E-state index contributed by atoms with van der Waals surface area (Å²) in [6.45, 7) is 4.07. The zero-order valence-electron chi connectivity index (χ0n) is 10.7. The third kappa shape index (κ3) is 2.35. The maximum Gasteiger partial charge on any atom is 0.269 e. The van der Waals surface area contributed by atoms with Crippen molar-refractivity contribution in [2.45, 2.75) is 26.3 Å². The molecule has 0 N–H and O–H groups in total. The van der Waals surface area contributed by atoms with Gasteiger partial charge in [0.2, 0.25) is 0 Å². The van der Waals surface area contributed by atoms with E-state index in [1.807, 2.05) is 0 Å². The van der Waals surface area contributed by atoms with E-state index in [2.05, 4.69) is 24.9 Å². The lowest BCUT2D eigenvalue weighted by Gasteiger charge is -2.16. The highest BCUT2D eigenvalue weighted by Gasteiger charge is 2.14. The Kier molecular flexibility index (Phi) is 3.02. The van der Waals surface area contributed by atoms with Crippen molar-refractivity contribution in [2.24, 2.45) is 0 Å². The first kappa shape index (κ1) is 11.9. The molecule has 2 aromatic rings. The molecule has 0 spiro atoms.